The van der Waals surface area contributed by atoms with E-state index in [2.05, 4.69) is 4.90 Å². The van der Waals surface area contributed by atoms with E-state index in [4.69, 9.17) is 9.84 Å². The molecule has 1 rings (SSSR count). The van der Waals surface area contributed by atoms with E-state index in [1.54, 1.807) is 0 Å². The van der Waals surface area contributed by atoms with Crippen LogP contribution in [0.3, 0.4) is 0 Å². The van der Waals surface area contributed by atoms with Gasteiger partial charge in [0.2, 0.25) is 0 Å². The molecule has 1 heterocycles. The Kier molecular flexibility index (Phi) is 6.17. The molecule has 1 atom stereocenters. The molecule has 90 valence electrons. The molecule has 1 aliphatic heterocycles. The average Bonchev–Trinajstić information content (AvgIpc) is 2.25. The molecule has 1 aliphatic rings. The zero-order valence-electron chi connectivity index (χ0n) is 9.56. The maximum atomic E-state index is 9.44. The first-order chi connectivity index (χ1) is 7.24. The molecule has 4 heteroatoms. The van der Waals surface area contributed by atoms with Crippen molar-refractivity contribution in [1.82, 2.24) is 4.90 Å². The van der Waals surface area contributed by atoms with Gasteiger partial charge in [0.05, 0.1) is 25.9 Å². The van der Waals surface area contributed by atoms with Gasteiger partial charge < -0.3 is 19.8 Å². The van der Waals surface area contributed by atoms with Crippen LogP contribution >= 0.6 is 0 Å². The average molecular weight is 217 g/mol. The number of rotatable bonds is 6. The first-order valence-corrected chi connectivity index (χ1v) is 5.83. The third kappa shape index (κ3) is 4.93. The van der Waals surface area contributed by atoms with Crippen molar-refractivity contribution >= 4 is 0 Å². The van der Waals surface area contributed by atoms with Crippen LogP contribution in [0.15, 0.2) is 0 Å². The summed E-state index contributed by atoms with van der Waals surface area (Å²) in [4.78, 5) is 2.36. The van der Waals surface area contributed by atoms with Crippen molar-refractivity contribution in [2.45, 2.75) is 25.9 Å². The quantitative estimate of drug-likeness (QED) is 0.619. The number of hydrogen-bond acceptors (Lipinski definition) is 4. The third-order valence-corrected chi connectivity index (χ3v) is 3.10. The molecule has 0 saturated carbocycles. The number of aliphatic hydroxyl groups excluding tert-OH is 2. The van der Waals surface area contributed by atoms with Crippen LogP contribution in [0.25, 0.3) is 0 Å². The molecule has 15 heavy (non-hydrogen) atoms. The molecule has 2 N–H and O–H groups in total. The Morgan fingerprint density at radius 2 is 2.00 bits per heavy atom. The molecular formula is C11H23NO3. The van der Waals surface area contributed by atoms with Crippen LogP contribution in [-0.4, -0.2) is 60.7 Å². The van der Waals surface area contributed by atoms with E-state index >= 15 is 0 Å². The van der Waals surface area contributed by atoms with E-state index in [0.717, 1.165) is 32.5 Å². The highest BCUT2D eigenvalue weighted by Gasteiger charge is 2.21. The van der Waals surface area contributed by atoms with E-state index in [0.29, 0.717) is 19.1 Å². The Labute approximate surface area is 91.8 Å². The van der Waals surface area contributed by atoms with Crippen molar-refractivity contribution in [3.63, 3.8) is 0 Å². The van der Waals surface area contributed by atoms with Gasteiger partial charge in [-0.1, -0.05) is 0 Å². The largest absolute Gasteiger partial charge is 0.394 e. The molecule has 1 saturated heterocycles. The summed E-state index contributed by atoms with van der Waals surface area (Å²) in [6.07, 6.45) is 1.99. The minimum atomic E-state index is -0.169. The van der Waals surface area contributed by atoms with Gasteiger partial charge in [0.25, 0.3) is 0 Å². The lowest BCUT2D eigenvalue weighted by Crippen LogP contribution is -2.38. The Morgan fingerprint density at radius 1 is 1.33 bits per heavy atom. The lowest BCUT2D eigenvalue weighted by atomic mass is 9.92. The maximum absolute atomic E-state index is 9.44. The highest BCUT2D eigenvalue weighted by Crippen LogP contribution is 2.19. The van der Waals surface area contributed by atoms with Gasteiger partial charge in [0.15, 0.2) is 0 Å². The summed E-state index contributed by atoms with van der Waals surface area (Å²) in [5.74, 6) is 0.472. The van der Waals surface area contributed by atoms with Crippen LogP contribution in [0.4, 0.5) is 0 Å². The van der Waals surface area contributed by atoms with Crippen LogP contribution in [0.2, 0.25) is 0 Å². The maximum Gasteiger partial charge on any atom is 0.0698 e. The molecule has 4 nitrogen and oxygen atoms in total. The fourth-order valence-corrected chi connectivity index (χ4v) is 2.02. The van der Waals surface area contributed by atoms with Crippen LogP contribution in [0.5, 0.6) is 0 Å². The van der Waals surface area contributed by atoms with E-state index in [1.807, 2.05) is 6.92 Å². The number of aliphatic hydroxyl groups is 2. The summed E-state index contributed by atoms with van der Waals surface area (Å²) >= 11 is 0. The number of hydrogen-bond donors (Lipinski definition) is 2. The van der Waals surface area contributed by atoms with Gasteiger partial charge in [-0.15, -0.1) is 0 Å². The Balaban J connectivity index is 2.04. The number of likely N-dealkylation sites (tertiary alicyclic amines) is 1. The second kappa shape index (κ2) is 7.17. The molecule has 0 aromatic heterocycles. The second-order valence-corrected chi connectivity index (χ2v) is 4.26. The van der Waals surface area contributed by atoms with E-state index in [1.165, 1.54) is 0 Å². The third-order valence-electron chi connectivity index (χ3n) is 3.10. The van der Waals surface area contributed by atoms with E-state index < -0.39 is 0 Å². The van der Waals surface area contributed by atoms with Gasteiger partial charge in [0.1, 0.15) is 0 Å². The number of ether oxygens (including phenoxy) is 1. The molecule has 0 bridgehead atoms. The normalized spacial score (nSPS) is 21.8. The minimum Gasteiger partial charge on any atom is -0.394 e. The molecule has 0 aromatic carbocycles. The summed E-state index contributed by atoms with van der Waals surface area (Å²) in [7, 11) is 0. The van der Waals surface area contributed by atoms with E-state index in [9.17, 15) is 5.11 Å². The molecule has 0 aromatic rings. The SMILES string of the molecule is CC(O)C1CCN(CCOCCO)CC1. The standard InChI is InChI=1S/C11H23NO3/c1-10(14)11-2-4-12(5-3-11)6-8-15-9-7-13/h10-11,13-14H,2-9H2,1H3. The fraction of sp³-hybridized carbons (Fsp3) is 1.00. The number of piperidine rings is 1. The summed E-state index contributed by atoms with van der Waals surface area (Å²) in [6.45, 7) is 6.15. The first-order valence-electron chi connectivity index (χ1n) is 5.83. The Bertz CT molecular complexity index is 156. The lowest BCUT2D eigenvalue weighted by molar-refractivity contribution is 0.0442. The minimum absolute atomic E-state index is 0.101. The van der Waals surface area contributed by atoms with Gasteiger partial charge in [-0.2, -0.15) is 0 Å². The topological polar surface area (TPSA) is 52.9 Å². The number of nitrogens with zero attached hydrogens (tertiary/aromatic N) is 1. The highest BCUT2D eigenvalue weighted by molar-refractivity contribution is 4.75. The second-order valence-electron chi connectivity index (χ2n) is 4.26. The molecule has 0 amide bonds. The lowest BCUT2D eigenvalue weighted by Gasteiger charge is -2.33. The van der Waals surface area contributed by atoms with Crippen LogP contribution in [0, 0.1) is 5.92 Å². The van der Waals surface area contributed by atoms with Gasteiger partial charge in [-0.3, -0.25) is 0 Å². The highest BCUT2D eigenvalue weighted by atomic mass is 16.5. The monoisotopic (exact) mass is 217 g/mol. The van der Waals surface area contributed by atoms with Crippen molar-refractivity contribution in [2.24, 2.45) is 5.92 Å². The van der Waals surface area contributed by atoms with Crippen molar-refractivity contribution in [1.29, 1.82) is 0 Å². The summed E-state index contributed by atoms with van der Waals surface area (Å²) in [6, 6.07) is 0. The van der Waals surface area contributed by atoms with Crippen LogP contribution in [0.1, 0.15) is 19.8 Å². The molecule has 1 unspecified atom stereocenters. The summed E-state index contributed by atoms with van der Waals surface area (Å²) in [5.41, 5.74) is 0. The molecule has 1 fully saturated rings. The first kappa shape index (κ1) is 12.9. The van der Waals surface area contributed by atoms with Gasteiger partial charge in [0, 0.05) is 6.54 Å². The summed E-state index contributed by atoms with van der Waals surface area (Å²) in [5, 5.41) is 18.0. The molecule has 0 radical (unpaired) electrons. The van der Waals surface area contributed by atoms with E-state index in [-0.39, 0.29) is 12.7 Å². The molecule has 0 spiro atoms. The fourth-order valence-electron chi connectivity index (χ4n) is 2.02. The van der Waals surface area contributed by atoms with Crippen molar-refractivity contribution in [2.75, 3.05) is 39.5 Å². The Hall–Kier alpha value is -0.160. The van der Waals surface area contributed by atoms with Gasteiger partial charge in [-0.05, 0) is 38.8 Å². The Morgan fingerprint density at radius 3 is 2.53 bits per heavy atom. The van der Waals surface area contributed by atoms with Crippen LogP contribution in [-0.2, 0) is 4.74 Å². The zero-order valence-corrected chi connectivity index (χ0v) is 9.56. The van der Waals surface area contributed by atoms with Crippen LogP contribution < -0.4 is 0 Å². The summed E-state index contributed by atoms with van der Waals surface area (Å²) < 4.78 is 5.22. The van der Waals surface area contributed by atoms with Gasteiger partial charge >= 0.3 is 0 Å². The zero-order chi connectivity index (χ0) is 11.1. The van der Waals surface area contributed by atoms with Crippen molar-refractivity contribution < 1.29 is 14.9 Å². The van der Waals surface area contributed by atoms with Crippen molar-refractivity contribution in [3.05, 3.63) is 0 Å². The predicted octanol–water partition coefficient (Wildman–Crippen LogP) is 0.0881. The van der Waals surface area contributed by atoms with Crippen molar-refractivity contribution in [3.8, 4) is 0 Å². The molecular weight excluding hydrogens is 194 g/mol. The van der Waals surface area contributed by atoms with Gasteiger partial charge in [-0.25, -0.2) is 0 Å². The molecule has 0 aliphatic carbocycles. The smallest absolute Gasteiger partial charge is 0.0698 e. The predicted molar refractivity (Wildman–Crippen MR) is 58.7 cm³/mol.